The van der Waals surface area contributed by atoms with Crippen LogP contribution in [0.5, 0.6) is 0 Å². The van der Waals surface area contributed by atoms with E-state index >= 15 is 0 Å². The summed E-state index contributed by atoms with van der Waals surface area (Å²) >= 11 is 5.18. The second kappa shape index (κ2) is 7.07. The van der Waals surface area contributed by atoms with Gasteiger partial charge in [0.05, 0.1) is 12.1 Å². The standard InChI is InChI=1S/C16H22N2O3S/c1-4-18(5-2)14(19)11-16(20-6-3)12-9-7-8-10-13(12)17-15(22)21-16/h7-10H,4-6,11H2,1-3H3,(H,17,22). The molecule has 2 rings (SSSR count). The van der Waals surface area contributed by atoms with Crippen LogP contribution in [0.25, 0.3) is 0 Å². The Bertz CT molecular complexity index is 560. The molecule has 1 aromatic carbocycles. The van der Waals surface area contributed by atoms with Crippen LogP contribution in [0.2, 0.25) is 0 Å². The van der Waals surface area contributed by atoms with Crippen LogP contribution in [-0.2, 0) is 20.1 Å². The Kier molecular flexibility index (Phi) is 5.37. The van der Waals surface area contributed by atoms with Gasteiger partial charge >= 0.3 is 0 Å². The minimum Gasteiger partial charge on any atom is -0.433 e. The van der Waals surface area contributed by atoms with E-state index in [1.807, 2.05) is 45.0 Å². The van der Waals surface area contributed by atoms with Crippen molar-refractivity contribution < 1.29 is 14.3 Å². The number of carbonyl (C=O) groups is 1. The van der Waals surface area contributed by atoms with Crippen molar-refractivity contribution in [2.24, 2.45) is 0 Å². The molecule has 0 bridgehead atoms. The Morgan fingerprint density at radius 3 is 2.64 bits per heavy atom. The van der Waals surface area contributed by atoms with Crippen molar-refractivity contribution in [3.8, 4) is 0 Å². The topological polar surface area (TPSA) is 50.8 Å². The van der Waals surface area contributed by atoms with E-state index in [4.69, 9.17) is 21.7 Å². The highest BCUT2D eigenvalue weighted by molar-refractivity contribution is 7.80. The fourth-order valence-corrected chi connectivity index (χ4v) is 2.92. The van der Waals surface area contributed by atoms with E-state index in [2.05, 4.69) is 5.32 Å². The third-order valence-corrected chi connectivity index (χ3v) is 3.89. The van der Waals surface area contributed by atoms with Crippen LogP contribution < -0.4 is 5.32 Å². The molecule has 22 heavy (non-hydrogen) atoms. The molecular formula is C16H22N2O3S. The van der Waals surface area contributed by atoms with E-state index in [-0.39, 0.29) is 17.5 Å². The highest BCUT2D eigenvalue weighted by Crippen LogP contribution is 2.40. The number of para-hydroxylation sites is 1. The van der Waals surface area contributed by atoms with Gasteiger partial charge < -0.3 is 19.7 Å². The van der Waals surface area contributed by atoms with E-state index in [9.17, 15) is 4.79 Å². The molecule has 0 saturated carbocycles. The van der Waals surface area contributed by atoms with Gasteiger partial charge in [0.1, 0.15) is 0 Å². The van der Waals surface area contributed by atoms with Gasteiger partial charge in [0, 0.05) is 25.3 Å². The number of benzene rings is 1. The van der Waals surface area contributed by atoms with Crippen molar-refractivity contribution in [3.05, 3.63) is 29.8 Å². The lowest BCUT2D eigenvalue weighted by atomic mass is 9.98. The Balaban J connectivity index is 2.40. The second-order valence-electron chi connectivity index (χ2n) is 4.99. The maximum absolute atomic E-state index is 12.6. The predicted molar refractivity (Wildman–Crippen MR) is 89.6 cm³/mol. The fraction of sp³-hybridized carbons (Fsp3) is 0.500. The average molecular weight is 322 g/mol. The zero-order valence-corrected chi connectivity index (χ0v) is 14.0. The molecule has 1 aliphatic heterocycles. The van der Waals surface area contributed by atoms with Crippen LogP contribution >= 0.6 is 12.2 Å². The Morgan fingerprint density at radius 2 is 2.00 bits per heavy atom. The second-order valence-corrected chi connectivity index (χ2v) is 5.36. The molecule has 0 saturated heterocycles. The lowest BCUT2D eigenvalue weighted by Crippen LogP contribution is -2.46. The van der Waals surface area contributed by atoms with Crippen LogP contribution in [0.4, 0.5) is 5.69 Å². The minimum atomic E-state index is -1.16. The van der Waals surface area contributed by atoms with E-state index in [1.165, 1.54) is 0 Å². The summed E-state index contributed by atoms with van der Waals surface area (Å²) < 4.78 is 11.7. The molecule has 1 atom stereocenters. The summed E-state index contributed by atoms with van der Waals surface area (Å²) in [6.07, 6.45) is 0.0986. The molecule has 1 heterocycles. The summed E-state index contributed by atoms with van der Waals surface area (Å²) in [5.74, 6) is -1.18. The number of nitrogens with one attached hydrogen (secondary N) is 1. The zero-order valence-electron chi connectivity index (χ0n) is 13.2. The summed E-state index contributed by atoms with van der Waals surface area (Å²) in [5, 5.41) is 3.23. The molecule has 120 valence electrons. The van der Waals surface area contributed by atoms with Crippen molar-refractivity contribution in [2.45, 2.75) is 33.0 Å². The maximum atomic E-state index is 12.6. The van der Waals surface area contributed by atoms with Gasteiger partial charge in [-0.05, 0) is 39.1 Å². The quantitative estimate of drug-likeness (QED) is 0.816. The summed E-state index contributed by atoms with van der Waals surface area (Å²) in [5.41, 5.74) is 1.62. The first-order valence-electron chi connectivity index (χ1n) is 7.57. The highest BCUT2D eigenvalue weighted by Gasteiger charge is 2.44. The van der Waals surface area contributed by atoms with Crippen LogP contribution in [0, 0.1) is 0 Å². The number of amides is 1. The number of hydrogen-bond donors (Lipinski definition) is 1. The summed E-state index contributed by atoms with van der Waals surface area (Å²) in [7, 11) is 0. The summed E-state index contributed by atoms with van der Waals surface area (Å²) in [4.78, 5) is 14.3. The molecule has 0 spiro atoms. The van der Waals surface area contributed by atoms with Crippen LogP contribution in [-0.4, -0.2) is 35.7 Å². The molecule has 0 fully saturated rings. The van der Waals surface area contributed by atoms with Gasteiger partial charge in [0.2, 0.25) is 5.91 Å². The lowest BCUT2D eigenvalue weighted by molar-refractivity contribution is -0.206. The molecular weight excluding hydrogens is 300 g/mol. The van der Waals surface area contributed by atoms with Gasteiger partial charge in [-0.2, -0.15) is 0 Å². The van der Waals surface area contributed by atoms with Crippen molar-refractivity contribution in [1.82, 2.24) is 4.90 Å². The monoisotopic (exact) mass is 322 g/mol. The van der Waals surface area contributed by atoms with Gasteiger partial charge in [-0.15, -0.1) is 0 Å². The molecule has 0 aliphatic carbocycles. The molecule has 1 amide bonds. The number of nitrogens with zero attached hydrogens (tertiary/aromatic N) is 1. The third-order valence-electron chi connectivity index (χ3n) is 3.71. The van der Waals surface area contributed by atoms with E-state index < -0.39 is 5.79 Å². The molecule has 1 N–H and O–H groups in total. The van der Waals surface area contributed by atoms with Gasteiger partial charge in [0.25, 0.3) is 11.0 Å². The van der Waals surface area contributed by atoms with Crippen molar-refractivity contribution in [2.75, 3.05) is 25.0 Å². The largest absolute Gasteiger partial charge is 0.433 e. The Hall–Kier alpha value is -1.66. The summed E-state index contributed by atoms with van der Waals surface area (Å²) in [6, 6.07) is 7.60. The molecule has 0 radical (unpaired) electrons. The van der Waals surface area contributed by atoms with Gasteiger partial charge in [0.15, 0.2) is 0 Å². The normalized spacial score (nSPS) is 19.9. The predicted octanol–water partition coefficient (Wildman–Crippen LogP) is 2.86. The van der Waals surface area contributed by atoms with Crippen molar-refractivity contribution in [1.29, 1.82) is 0 Å². The van der Waals surface area contributed by atoms with Crippen LogP contribution in [0.1, 0.15) is 32.8 Å². The molecule has 1 aliphatic rings. The number of carbonyl (C=O) groups excluding carboxylic acids is 1. The number of ether oxygens (including phenoxy) is 2. The van der Waals surface area contributed by atoms with Gasteiger partial charge in [-0.1, -0.05) is 18.2 Å². The molecule has 1 unspecified atom stereocenters. The SMILES string of the molecule is CCOC1(CC(=O)N(CC)CC)OC(=S)Nc2ccccc21. The van der Waals surface area contributed by atoms with Crippen molar-refractivity contribution in [3.63, 3.8) is 0 Å². The van der Waals surface area contributed by atoms with Crippen LogP contribution in [0.3, 0.4) is 0 Å². The van der Waals surface area contributed by atoms with Gasteiger partial charge in [-0.3, -0.25) is 4.79 Å². The fourth-order valence-electron chi connectivity index (χ4n) is 2.67. The van der Waals surface area contributed by atoms with E-state index in [0.29, 0.717) is 19.7 Å². The first kappa shape index (κ1) is 16.7. The molecule has 1 aromatic rings. The molecule has 0 aromatic heterocycles. The highest BCUT2D eigenvalue weighted by atomic mass is 32.1. The smallest absolute Gasteiger partial charge is 0.264 e. The zero-order chi connectivity index (χ0) is 16.2. The van der Waals surface area contributed by atoms with E-state index in [0.717, 1.165) is 11.3 Å². The number of hydrogen-bond acceptors (Lipinski definition) is 4. The minimum absolute atomic E-state index is 0.0158. The molecule has 6 heteroatoms. The lowest BCUT2D eigenvalue weighted by Gasteiger charge is -2.39. The van der Waals surface area contributed by atoms with Crippen molar-refractivity contribution >= 4 is 29.0 Å². The number of thiocarbonyl (C=S) groups is 1. The van der Waals surface area contributed by atoms with Gasteiger partial charge in [-0.25, -0.2) is 0 Å². The maximum Gasteiger partial charge on any atom is 0.264 e. The number of fused-ring (bicyclic) bond motifs is 1. The van der Waals surface area contributed by atoms with Crippen LogP contribution in [0.15, 0.2) is 24.3 Å². The Labute approximate surface area is 136 Å². The Morgan fingerprint density at radius 1 is 1.32 bits per heavy atom. The number of rotatable bonds is 6. The number of anilines is 1. The molecule has 5 nitrogen and oxygen atoms in total. The third kappa shape index (κ3) is 3.23. The van der Waals surface area contributed by atoms with E-state index in [1.54, 1.807) is 4.90 Å². The first-order valence-corrected chi connectivity index (χ1v) is 7.98. The average Bonchev–Trinajstić information content (AvgIpc) is 2.48. The first-order chi connectivity index (χ1) is 10.6. The summed E-state index contributed by atoms with van der Waals surface area (Å²) in [6.45, 7) is 7.51.